The Bertz CT molecular complexity index is 890. The van der Waals surface area contributed by atoms with Crippen molar-refractivity contribution >= 4 is 31.0 Å². The minimum atomic E-state index is -2.87. The Morgan fingerprint density at radius 3 is 1.11 bits per heavy atom. The number of methoxy groups -OCH3 is 1. The fourth-order valence-corrected chi connectivity index (χ4v) is 12.6. The van der Waals surface area contributed by atoms with Gasteiger partial charge in [-0.15, -0.1) is 0 Å². The molecule has 0 saturated carbocycles. The summed E-state index contributed by atoms with van der Waals surface area (Å²) >= 11 is -2.87. The average Bonchev–Trinajstić information content (AvgIpc) is 2.77. The minimum absolute atomic E-state index is 0. The van der Waals surface area contributed by atoms with E-state index in [1.54, 1.807) is 7.11 Å². The minimum Gasteiger partial charge on any atom is -1.00 e. The molecular formula is C25H22AsIO. The number of hydrogen-bond acceptors (Lipinski definition) is 1. The molecule has 140 valence electrons. The summed E-state index contributed by atoms with van der Waals surface area (Å²) < 4.78 is 11.0. The van der Waals surface area contributed by atoms with Crippen molar-refractivity contribution in [1.29, 1.82) is 0 Å². The van der Waals surface area contributed by atoms with Gasteiger partial charge in [-0.2, -0.15) is 0 Å². The molecule has 0 aliphatic heterocycles. The zero-order chi connectivity index (χ0) is 18.5. The van der Waals surface area contributed by atoms with Crippen molar-refractivity contribution < 1.29 is 28.7 Å². The summed E-state index contributed by atoms with van der Waals surface area (Å²) in [6.45, 7) is 0. The number of halogens is 1. The van der Waals surface area contributed by atoms with Crippen LogP contribution in [-0.2, 0) is 0 Å². The number of ether oxygens (including phenoxy) is 1. The molecule has 0 heterocycles. The molecule has 0 spiro atoms. The third-order valence-corrected chi connectivity index (χ3v) is 13.9. The van der Waals surface area contributed by atoms with Crippen LogP contribution in [-0.4, -0.2) is 20.7 Å². The molecule has 3 heteroatoms. The maximum atomic E-state index is 5.42. The summed E-state index contributed by atoms with van der Waals surface area (Å²) in [6, 6.07) is 41.6. The zero-order valence-corrected chi connectivity index (χ0v) is 19.7. The largest absolute Gasteiger partial charge is 1.00 e. The first-order chi connectivity index (χ1) is 13.4. The van der Waals surface area contributed by atoms with Gasteiger partial charge in [-0.1, -0.05) is 0 Å². The molecule has 0 aliphatic rings. The van der Waals surface area contributed by atoms with E-state index in [9.17, 15) is 0 Å². The molecule has 4 aromatic carbocycles. The van der Waals surface area contributed by atoms with Gasteiger partial charge in [-0.25, -0.2) is 0 Å². The van der Waals surface area contributed by atoms with Gasteiger partial charge < -0.3 is 24.0 Å². The standard InChI is InChI=1S/C25H22AsO.HI/c1-27-25-19-17-24(18-20-25)26(21-11-5-2-6-12-21,22-13-7-3-8-14-22)23-15-9-4-10-16-23;/h2-20H,1H3;1H/q+1;/p-1. The van der Waals surface area contributed by atoms with Crippen LogP contribution in [0.1, 0.15) is 0 Å². The second-order valence-corrected chi connectivity index (χ2v) is 13.5. The molecule has 0 unspecified atom stereocenters. The van der Waals surface area contributed by atoms with Gasteiger partial charge in [0.1, 0.15) is 0 Å². The third-order valence-electron chi connectivity index (χ3n) is 4.89. The van der Waals surface area contributed by atoms with Gasteiger partial charge in [0.2, 0.25) is 0 Å². The molecule has 0 aromatic heterocycles. The summed E-state index contributed by atoms with van der Waals surface area (Å²) in [4.78, 5) is 0. The monoisotopic (exact) mass is 540 g/mol. The average molecular weight is 540 g/mol. The van der Waals surface area contributed by atoms with Crippen LogP contribution in [0.5, 0.6) is 5.75 Å². The molecule has 0 fully saturated rings. The topological polar surface area (TPSA) is 9.23 Å². The van der Waals surface area contributed by atoms with Crippen LogP contribution >= 0.6 is 0 Å². The summed E-state index contributed by atoms with van der Waals surface area (Å²) in [5, 5.41) is 0. The Morgan fingerprint density at radius 1 is 0.464 bits per heavy atom. The Hall–Kier alpha value is -2.03. The molecule has 0 atom stereocenters. The molecule has 0 bridgehead atoms. The molecule has 4 aromatic rings. The fraction of sp³-hybridized carbons (Fsp3) is 0.0400. The zero-order valence-electron chi connectivity index (χ0n) is 15.7. The van der Waals surface area contributed by atoms with Crippen LogP contribution < -0.4 is 46.1 Å². The van der Waals surface area contributed by atoms with Crippen LogP contribution in [0.2, 0.25) is 0 Å². The quantitative estimate of drug-likeness (QED) is 0.258. The van der Waals surface area contributed by atoms with Gasteiger partial charge in [-0.3, -0.25) is 0 Å². The molecule has 0 saturated heterocycles. The van der Waals surface area contributed by atoms with E-state index in [0.717, 1.165) is 5.75 Å². The van der Waals surface area contributed by atoms with E-state index in [1.807, 2.05) is 0 Å². The van der Waals surface area contributed by atoms with Crippen LogP contribution in [0.25, 0.3) is 0 Å². The summed E-state index contributed by atoms with van der Waals surface area (Å²) in [5.41, 5.74) is 0. The predicted molar refractivity (Wildman–Crippen MR) is 117 cm³/mol. The van der Waals surface area contributed by atoms with Crippen molar-refractivity contribution in [1.82, 2.24) is 0 Å². The maximum Gasteiger partial charge on any atom is -1.00 e. The Morgan fingerprint density at radius 2 is 0.786 bits per heavy atom. The van der Waals surface area contributed by atoms with Crippen LogP contribution in [0.4, 0.5) is 0 Å². The van der Waals surface area contributed by atoms with E-state index in [0.29, 0.717) is 0 Å². The van der Waals surface area contributed by atoms with Gasteiger partial charge in [0.05, 0.1) is 0 Å². The van der Waals surface area contributed by atoms with Gasteiger partial charge in [0.15, 0.2) is 0 Å². The van der Waals surface area contributed by atoms with Crippen LogP contribution in [0, 0.1) is 0 Å². The smallest absolute Gasteiger partial charge is 1.00 e. The number of benzene rings is 4. The summed E-state index contributed by atoms with van der Waals surface area (Å²) in [5.74, 6) is 0.890. The second kappa shape index (κ2) is 9.45. The van der Waals surface area contributed by atoms with E-state index < -0.39 is 13.6 Å². The normalized spacial score (nSPS) is 10.8. The summed E-state index contributed by atoms with van der Waals surface area (Å²) in [6.07, 6.45) is 0. The van der Waals surface area contributed by atoms with E-state index in [4.69, 9.17) is 4.74 Å². The third kappa shape index (κ3) is 3.76. The molecule has 28 heavy (non-hydrogen) atoms. The van der Waals surface area contributed by atoms with Crippen molar-refractivity contribution in [3.05, 3.63) is 115 Å². The van der Waals surface area contributed by atoms with Gasteiger partial charge >= 0.3 is 164 Å². The first-order valence-corrected chi connectivity index (χ1v) is 12.8. The first-order valence-electron chi connectivity index (χ1n) is 9.06. The van der Waals surface area contributed by atoms with Crippen molar-refractivity contribution in [2.75, 3.05) is 7.11 Å². The van der Waals surface area contributed by atoms with Crippen molar-refractivity contribution in [2.24, 2.45) is 0 Å². The molecule has 0 N–H and O–H groups in total. The van der Waals surface area contributed by atoms with E-state index >= 15 is 0 Å². The Labute approximate surface area is 186 Å². The Kier molecular flexibility index (Phi) is 6.98. The molecule has 1 nitrogen and oxygen atoms in total. The van der Waals surface area contributed by atoms with Crippen LogP contribution in [0.3, 0.4) is 0 Å². The van der Waals surface area contributed by atoms with Crippen molar-refractivity contribution in [3.8, 4) is 5.75 Å². The Balaban J connectivity index is 0.00000225. The second-order valence-electron chi connectivity index (χ2n) is 6.38. The SMILES string of the molecule is COc1ccc([As+](c2ccccc2)(c2ccccc2)c2ccccc2)cc1.[I-]. The van der Waals surface area contributed by atoms with E-state index in [1.165, 1.54) is 17.4 Å². The van der Waals surface area contributed by atoms with Crippen molar-refractivity contribution in [2.45, 2.75) is 0 Å². The summed E-state index contributed by atoms with van der Waals surface area (Å²) in [7, 11) is 1.72. The predicted octanol–water partition coefficient (Wildman–Crippen LogP) is 0.0766. The number of hydrogen-bond donors (Lipinski definition) is 0. The molecule has 4 rings (SSSR count). The van der Waals surface area contributed by atoms with Gasteiger partial charge in [0.25, 0.3) is 0 Å². The van der Waals surface area contributed by atoms with Crippen LogP contribution in [0.15, 0.2) is 115 Å². The molecule has 0 radical (unpaired) electrons. The fourth-order valence-electron chi connectivity index (χ4n) is 3.66. The first kappa shape index (κ1) is 20.7. The maximum absolute atomic E-state index is 5.42. The van der Waals surface area contributed by atoms with Gasteiger partial charge in [-0.05, 0) is 0 Å². The number of rotatable bonds is 5. The van der Waals surface area contributed by atoms with E-state index in [-0.39, 0.29) is 24.0 Å². The molecular weight excluding hydrogens is 518 g/mol. The molecule has 0 aliphatic carbocycles. The van der Waals surface area contributed by atoms with Gasteiger partial charge in [0, 0.05) is 0 Å². The van der Waals surface area contributed by atoms with E-state index in [2.05, 4.69) is 115 Å². The molecule has 0 amide bonds. The van der Waals surface area contributed by atoms with Crippen molar-refractivity contribution in [3.63, 3.8) is 0 Å².